The molecule has 0 fully saturated rings. The van der Waals surface area contributed by atoms with E-state index in [2.05, 4.69) is 68.3 Å². The van der Waals surface area contributed by atoms with Gasteiger partial charge in [0.2, 0.25) is 0 Å². The highest BCUT2D eigenvalue weighted by Gasteiger charge is 2.33. The van der Waals surface area contributed by atoms with Crippen molar-refractivity contribution in [2.75, 3.05) is 0 Å². The standard InChI is InChI=1S/C12H8Br2/c13-11-9-5-6-10(12(11)14)8-4-2-1-3-7(8)9/h1-6,9-10H/t9-,10+. The fraction of sp³-hybridized carbons (Fsp3) is 0.167. The summed E-state index contributed by atoms with van der Waals surface area (Å²) in [5, 5.41) is 0. The van der Waals surface area contributed by atoms with Gasteiger partial charge in [0.15, 0.2) is 0 Å². The molecule has 0 amide bonds. The van der Waals surface area contributed by atoms with E-state index in [1.807, 2.05) is 0 Å². The first-order chi connectivity index (χ1) is 6.79. The van der Waals surface area contributed by atoms with E-state index >= 15 is 0 Å². The molecule has 1 aromatic rings. The van der Waals surface area contributed by atoms with Gasteiger partial charge in [0, 0.05) is 20.8 Å². The summed E-state index contributed by atoms with van der Waals surface area (Å²) >= 11 is 7.32. The summed E-state index contributed by atoms with van der Waals surface area (Å²) < 4.78 is 2.56. The Bertz CT molecular complexity index is 416. The van der Waals surface area contributed by atoms with Crippen molar-refractivity contribution < 1.29 is 0 Å². The Hall–Kier alpha value is -0.340. The Kier molecular flexibility index (Phi) is 1.96. The van der Waals surface area contributed by atoms with E-state index in [4.69, 9.17) is 0 Å². The van der Waals surface area contributed by atoms with Gasteiger partial charge in [-0.1, -0.05) is 68.3 Å². The van der Waals surface area contributed by atoms with Crippen LogP contribution in [0, 0.1) is 0 Å². The Balaban J connectivity index is 2.28. The van der Waals surface area contributed by atoms with Gasteiger partial charge in [-0.3, -0.25) is 0 Å². The molecule has 3 aliphatic rings. The SMILES string of the molecule is BrC1=C(Br)[C@@H]2C=C[C@H]1c1ccccc12. The lowest BCUT2D eigenvalue weighted by atomic mass is 9.76. The van der Waals surface area contributed by atoms with Crippen molar-refractivity contribution in [1.82, 2.24) is 0 Å². The van der Waals surface area contributed by atoms with Crippen LogP contribution in [-0.2, 0) is 0 Å². The van der Waals surface area contributed by atoms with Crippen molar-refractivity contribution >= 4 is 31.9 Å². The molecule has 2 heteroatoms. The maximum absolute atomic E-state index is 3.66. The molecule has 0 nitrogen and oxygen atoms in total. The van der Waals surface area contributed by atoms with Crippen LogP contribution in [0.1, 0.15) is 23.0 Å². The fourth-order valence-corrected chi connectivity index (χ4v) is 3.54. The largest absolute Gasteiger partial charge is 0.0751 e. The molecule has 0 heterocycles. The number of halogens is 2. The average Bonchev–Trinajstić information content (AvgIpc) is 2.24. The summed E-state index contributed by atoms with van der Waals surface area (Å²) in [7, 11) is 0. The summed E-state index contributed by atoms with van der Waals surface area (Å²) in [4.78, 5) is 0. The van der Waals surface area contributed by atoms with E-state index in [1.54, 1.807) is 0 Å². The lowest BCUT2D eigenvalue weighted by Gasteiger charge is -2.33. The fourth-order valence-electron chi connectivity index (χ4n) is 2.25. The van der Waals surface area contributed by atoms with Gasteiger partial charge in [-0.2, -0.15) is 0 Å². The van der Waals surface area contributed by atoms with E-state index in [0.29, 0.717) is 11.8 Å². The lowest BCUT2D eigenvalue weighted by molar-refractivity contribution is 0.861. The van der Waals surface area contributed by atoms with Crippen molar-refractivity contribution in [3.05, 3.63) is 56.5 Å². The van der Waals surface area contributed by atoms with Crippen molar-refractivity contribution in [1.29, 1.82) is 0 Å². The predicted octanol–water partition coefficient (Wildman–Crippen LogP) is 4.44. The molecule has 0 aliphatic heterocycles. The van der Waals surface area contributed by atoms with Gasteiger partial charge in [-0.25, -0.2) is 0 Å². The predicted molar refractivity (Wildman–Crippen MR) is 65.9 cm³/mol. The number of hydrogen-bond acceptors (Lipinski definition) is 0. The molecular formula is C12H8Br2. The van der Waals surface area contributed by atoms with Crippen LogP contribution in [0.4, 0.5) is 0 Å². The van der Waals surface area contributed by atoms with Crippen LogP contribution in [0.15, 0.2) is 45.4 Å². The van der Waals surface area contributed by atoms with Gasteiger partial charge >= 0.3 is 0 Å². The van der Waals surface area contributed by atoms with Crippen LogP contribution in [0.2, 0.25) is 0 Å². The zero-order valence-corrected chi connectivity index (χ0v) is 10.5. The second-order valence-corrected chi connectivity index (χ2v) is 5.37. The summed E-state index contributed by atoms with van der Waals surface area (Å²) in [5.41, 5.74) is 2.88. The first-order valence-electron chi connectivity index (χ1n) is 4.61. The molecule has 1 aromatic carbocycles. The Morgan fingerprint density at radius 1 is 0.786 bits per heavy atom. The van der Waals surface area contributed by atoms with Crippen molar-refractivity contribution in [2.24, 2.45) is 0 Å². The molecule has 0 saturated heterocycles. The van der Waals surface area contributed by atoms with Crippen molar-refractivity contribution in [3.63, 3.8) is 0 Å². The normalized spacial score (nSPS) is 28.1. The maximum atomic E-state index is 3.66. The summed E-state index contributed by atoms with van der Waals surface area (Å²) in [6.07, 6.45) is 4.56. The van der Waals surface area contributed by atoms with Crippen molar-refractivity contribution in [2.45, 2.75) is 11.8 Å². The molecule has 4 rings (SSSR count). The second kappa shape index (κ2) is 3.07. The van der Waals surface area contributed by atoms with Crippen molar-refractivity contribution in [3.8, 4) is 0 Å². The molecule has 0 saturated carbocycles. The molecule has 0 unspecified atom stereocenters. The number of benzene rings is 1. The Morgan fingerprint density at radius 2 is 1.21 bits per heavy atom. The van der Waals surface area contributed by atoms with Gasteiger partial charge in [0.05, 0.1) is 0 Å². The van der Waals surface area contributed by atoms with Gasteiger partial charge in [-0.05, 0) is 11.1 Å². The van der Waals surface area contributed by atoms with Crippen LogP contribution in [0.5, 0.6) is 0 Å². The van der Waals surface area contributed by atoms with Gasteiger partial charge in [0.1, 0.15) is 0 Å². The molecule has 0 N–H and O–H groups in total. The molecule has 70 valence electrons. The first kappa shape index (κ1) is 8.93. The highest BCUT2D eigenvalue weighted by molar-refractivity contribution is 9.14. The number of allylic oxidation sites excluding steroid dienone is 4. The molecule has 2 atom stereocenters. The molecule has 3 aliphatic carbocycles. The smallest absolute Gasteiger partial charge is 0.0347 e. The van der Waals surface area contributed by atoms with Gasteiger partial charge < -0.3 is 0 Å². The minimum Gasteiger partial charge on any atom is -0.0751 e. The van der Waals surface area contributed by atoms with E-state index < -0.39 is 0 Å². The third-order valence-electron chi connectivity index (χ3n) is 2.94. The minimum atomic E-state index is 0.422. The lowest BCUT2D eigenvalue weighted by Crippen LogP contribution is -2.16. The van der Waals surface area contributed by atoms with E-state index in [9.17, 15) is 0 Å². The zero-order valence-electron chi connectivity index (χ0n) is 7.37. The third-order valence-corrected chi connectivity index (χ3v) is 5.31. The Morgan fingerprint density at radius 3 is 1.64 bits per heavy atom. The summed E-state index contributed by atoms with van der Waals surface area (Å²) in [6, 6.07) is 8.66. The average molecular weight is 312 g/mol. The van der Waals surface area contributed by atoms with E-state index in [0.717, 1.165) is 0 Å². The number of rotatable bonds is 0. The van der Waals surface area contributed by atoms with Crippen LogP contribution in [0.3, 0.4) is 0 Å². The first-order valence-corrected chi connectivity index (χ1v) is 6.20. The zero-order chi connectivity index (χ0) is 9.71. The quantitative estimate of drug-likeness (QED) is 0.621. The number of hydrogen-bond donors (Lipinski definition) is 0. The van der Waals surface area contributed by atoms with Gasteiger partial charge in [0.25, 0.3) is 0 Å². The highest BCUT2D eigenvalue weighted by Crippen LogP contribution is 2.52. The summed E-state index contributed by atoms with van der Waals surface area (Å²) in [5.74, 6) is 0.844. The molecule has 0 aromatic heterocycles. The van der Waals surface area contributed by atoms with E-state index in [-0.39, 0.29) is 0 Å². The monoisotopic (exact) mass is 310 g/mol. The molecule has 2 bridgehead atoms. The summed E-state index contributed by atoms with van der Waals surface area (Å²) in [6.45, 7) is 0. The Labute approximate surface area is 100.0 Å². The maximum Gasteiger partial charge on any atom is 0.0347 e. The highest BCUT2D eigenvalue weighted by atomic mass is 79.9. The molecular weight excluding hydrogens is 304 g/mol. The van der Waals surface area contributed by atoms with Crippen LogP contribution in [-0.4, -0.2) is 0 Å². The second-order valence-electron chi connectivity index (χ2n) is 3.67. The van der Waals surface area contributed by atoms with Crippen LogP contribution < -0.4 is 0 Å². The molecule has 0 spiro atoms. The molecule has 0 radical (unpaired) electrons. The van der Waals surface area contributed by atoms with Gasteiger partial charge in [-0.15, -0.1) is 0 Å². The topological polar surface area (TPSA) is 0 Å². The van der Waals surface area contributed by atoms with Crippen LogP contribution in [0.25, 0.3) is 0 Å². The minimum absolute atomic E-state index is 0.422. The van der Waals surface area contributed by atoms with E-state index in [1.165, 1.54) is 20.1 Å². The van der Waals surface area contributed by atoms with Crippen LogP contribution >= 0.6 is 31.9 Å². The third kappa shape index (κ3) is 1.04. The molecule has 14 heavy (non-hydrogen) atoms.